The molecule has 0 bridgehead atoms. The van der Waals surface area contributed by atoms with Gasteiger partial charge < -0.3 is 9.73 Å². The van der Waals surface area contributed by atoms with E-state index < -0.39 is 0 Å². The number of nitrogens with one attached hydrogen (secondary N) is 1. The Morgan fingerprint density at radius 3 is 3.13 bits per heavy atom. The highest BCUT2D eigenvalue weighted by molar-refractivity contribution is 4.99. The van der Waals surface area contributed by atoms with Gasteiger partial charge in [-0.1, -0.05) is 0 Å². The second-order valence-electron chi connectivity index (χ2n) is 4.70. The average Bonchev–Trinajstić information content (AvgIpc) is 2.71. The molecule has 1 aliphatic rings. The molecule has 0 aliphatic carbocycles. The van der Waals surface area contributed by atoms with Crippen LogP contribution in [0.3, 0.4) is 0 Å². The third-order valence-electron chi connectivity index (χ3n) is 3.34. The lowest BCUT2D eigenvalue weighted by Gasteiger charge is -2.40. The summed E-state index contributed by atoms with van der Waals surface area (Å²) in [7, 11) is 2.05. The molecule has 3 heteroatoms. The van der Waals surface area contributed by atoms with E-state index in [-0.39, 0.29) is 5.54 Å². The molecule has 1 unspecified atom stereocenters. The van der Waals surface area contributed by atoms with Crippen LogP contribution >= 0.6 is 0 Å². The molecule has 15 heavy (non-hydrogen) atoms. The summed E-state index contributed by atoms with van der Waals surface area (Å²) in [5.74, 6) is 1.07. The normalized spacial score (nSPS) is 28.1. The van der Waals surface area contributed by atoms with E-state index in [1.54, 1.807) is 6.26 Å². The van der Waals surface area contributed by atoms with Gasteiger partial charge in [0, 0.05) is 12.1 Å². The largest absolute Gasteiger partial charge is 0.468 e. The van der Waals surface area contributed by atoms with Gasteiger partial charge in [-0.05, 0) is 45.5 Å². The van der Waals surface area contributed by atoms with Crippen LogP contribution in [0.4, 0.5) is 0 Å². The van der Waals surface area contributed by atoms with Crippen LogP contribution < -0.4 is 5.32 Å². The van der Waals surface area contributed by atoms with Crippen molar-refractivity contribution in [3.63, 3.8) is 0 Å². The molecule has 0 saturated carbocycles. The highest BCUT2D eigenvalue weighted by Crippen LogP contribution is 2.21. The zero-order chi connectivity index (χ0) is 10.7. The van der Waals surface area contributed by atoms with Crippen LogP contribution in [0.2, 0.25) is 0 Å². The van der Waals surface area contributed by atoms with E-state index in [4.69, 9.17) is 4.42 Å². The minimum absolute atomic E-state index is 0.269. The van der Waals surface area contributed by atoms with E-state index in [1.807, 2.05) is 12.1 Å². The minimum Gasteiger partial charge on any atom is -0.468 e. The van der Waals surface area contributed by atoms with E-state index in [2.05, 4.69) is 24.2 Å². The van der Waals surface area contributed by atoms with E-state index in [1.165, 1.54) is 19.4 Å². The van der Waals surface area contributed by atoms with Gasteiger partial charge in [0.1, 0.15) is 5.76 Å². The van der Waals surface area contributed by atoms with Crippen LogP contribution in [0.5, 0.6) is 0 Å². The van der Waals surface area contributed by atoms with Crippen molar-refractivity contribution in [1.82, 2.24) is 10.2 Å². The topological polar surface area (TPSA) is 28.4 Å². The van der Waals surface area contributed by atoms with Crippen molar-refractivity contribution in [1.29, 1.82) is 0 Å². The number of nitrogens with zero attached hydrogens (tertiary/aromatic N) is 1. The van der Waals surface area contributed by atoms with Crippen LogP contribution in [-0.2, 0) is 6.54 Å². The predicted molar refractivity (Wildman–Crippen MR) is 60.7 cm³/mol. The van der Waals surface area contributed by atoms with Gasteiger partial charge in [0.2, 0.25) is 0 Å². The summed E-state index contributed by atoms with van der Waals surface area (Å²) in [6.45, 7) is 5.51. The maximum absolute atomic E-state index is 5.38. The molecule has 2 heterocycles. The summed E-state index contributed by atoms with van der Waals surface area (Å²) >= 11 is 0. The van der Waals surface area contributed by atoms with E-state index in [0.717, 1.165) is 18.8 Å². The summed E-state index contributed by atoms with van der Waals surface area (Å²) < 4.78 is 5.38. The van der Waals surface area contributed by atoms with E-state index >= 15 is 0 Å². The molecular weight excluding hydrogens is 188 g/mol. The predicted octanol–water partition coefficient (Wildman–Crippen LogP) is 1.85. The molecule has 0 spiro atoms. The van der Waals surface area contributed by atoms with Crippen molar-refractivity contribution in [3.8, 4) is 0 Å². The van der Waals surface area contributed by atoms with Crippen LogP contribution in [-0.4, -0.2) is 30.6 Å². The third kappa shape index (κ3) is 2.61. The molecule has 2 rings (SSSR count). The van der Waals surface area contributed by atoms with Gasteiger partial charge in [-0.25, -0.2) is 0 Å². The molecule has 1 aliphatic heterocycles. The van der Waals surface area contributed by atoms with Crippen molar-refractivity contribution in [2.45, 2.75) is 31.8 Å². The van der Waals surface area contributed by atoms with Gasteiger partial charge in [0.15, 0.2) is 0 Å². The first kappa shape index (κ1) is 10.7. The Hall–Kier alpha value is -0.800. The number of furan rings is 1. The highest BCUT2D eigenvalue weighted by atomic mass is 16.3. The number of piperidine rings is 1. The first-order valence-electron chi connectivity index (χ1n) is 5.65. The molecule has 1 atom stereocenters. The van der Waals surface area contributed by atoms with Crippen LogP contribution in [0.15, 0.2) is 22.8 Å². The molecule has 3 nitrogen and oxygen atoms in total. The Labute approximate surface area is 91.4 Å². The van der Waals surface area contributed by atoms with Crippen molar-refractivity contribution in [3.05, 3.63) is 24.2 Å². The van der Waals surface area contributed by atoms with Crippen LogP contribution in [0, 0.1) is 0 Å². The second-order valence-corrected chi connectivity index (χ2v) is 4.70. The second kappa shape index (κ2) is 4.37. The van der Waals surface area contributed by atoms with Gasteiger partial charge >= 0.3 is 0 Å². The van der Waals surface area contributed by atoms with E-state index in [0.29, 0.717) is 0 Å². The first-order valence-corrected chi connectivity index (χ1v) is 5.65. The first-order chi connectivity index (χ1) is 7.22. The summed E-state index contributed by atoms with van der Waals surface area (Å²) in [6, 6.07) is 4.00. The van der Waals surface area contributed by atoms with Crippen LogP contribution in [0.1, 0.15) is 25.5 Å². The average molecular weight is 208 g/mol. The molecule has 0 radical (unpaired) electrons. The Morgan fingerprint density at radius 2 is 2.47 bits per heavy atom. The fourth-order valence-corrected chi connectivity index (χ4v) is 2.31. The molecule has 1 N–H and O–H groups in total. The van der Waals surface area contributed by atoms with Crippen molar-refractivity contribution in [2.75, 3.05) is 20.1 Å². The van der Waals surface area contributed by atoms with Crippen molar-refractivity contribution in [2.24, 2.45) is 0 Å². The number of likely N-dealkylation sites (tertiary alicyclic amines) is 1. The van der Waals surface area contributed by atoms with E-state index in [9.17, 15) is 0 Å². The quantitative estimate of drug-likeness (QED) is 0.821. The van der Waals surface area contributed by atoms with Gasteiger partial charge in [0.25, 0.3) is 0 Å². The fraction of sp³-hybridized carbons (Fsp3) is 0.667. The lowest BCUT2D eigenvalue weighted by Crippen LogP contribution is -2.53. The summed E-state index contributed by atoms with van der Waals surface area (Å²) in [4.78, 5) is 2.46. The highest BCUT2D eigenvalue weighted by Gasteiger charge is 2.29. The molecule has 1 aromatic rings. The number of rotatable bonds is 3. The zero-order valence-electron chi connectivity index (χ0n) is 9.62. The molecule has 1 saturated heterocycles. The Balaban J connectivity index is 1.93. The molecular formula is C12H20N2O. The third-order valence-corrected chi connectivity index (χ3v) is 3.34. The standard InChI is InChI=1S/C12H20N2O/c1-12(13-2)6-4-7-14(10-12)9-11-5-3-8-15-11/h3,5,8,13H,4,6-7,9-10H2,1-2H3. The molecule has 0 aromatic carbocycles. The number of hydrogen-bond acceptors (Lipinski definition) is 3. The Bertz CT molecular complexity index is 297. The molecule has 1 fully saturated rings. The molecule has 84 valence electrons. The smallest absolute Gasteiger partial charge is 0.117 e. The summed E-state index contributed by atoms with van der Waals surface area (Å²) in [5, 5.41) is 3.42. The zero-order valence-corrected chi connectivity index (χ0v) is 9.62. The number of likely N-dealkylation sites (N-methyl/N-ethyl adjacent to an activating group) is 1. The number of hydrogen-bond donors (Lipinski definition) is 1. The van der Waals surface area contributed by atoms with Crippen LogP contribution in [0.25, 0.3) is 0 Å². The lowest BCUT2D eigenvalue weighted by atomic mass is 9.91. The van der Waals surface area contributed by atoms with Crippen molar-refractivity contribution >= 4 is 0 Å². The maximum atomic E-state index is 5.38. The van der Waals surface area contributed by atoms with Gasteiger partial charge in [-0.3, -0.25) is 4.90 Å². The monoisotopic (exact) mass is 208 g/mol. The van der Waals surface area contributed by atoms with Gasteiger partial charge in [0.05, 0.1) is 12.8 Å². The SMILES string of the molecule is CNC1(C)CCCN(Cc2ccco2)C1. The summed E-state index contributed by atoms with van der Waals surface area (Å²) in [5.41, 5.74) is 0.269. The maximum Gasteiger partial charge on any atom is 0.117 e. The Morgan fingerprint density at radius 1 is 1.60 bits per heavy atom. The minimum atomic E-state index is 0.269. The lowest BCUT2D eigenvalue weighted by molar-refractivity contribution is 0.125. The van der Waals surface area contributed by atoms with Crippen molar-refractivity contribution < 1.29 is 4.42 Å². The Kier molecular flexibility index (Phi) is 3.12. The summed E-state index contributed by atoms with van der Waals surface area (Å²) in [6.07, 6.45) is 4.27. The fourth-order valence-electron chi connectivity index (χ4n) is 2.31. The van der Waals surface area contributed by atoms with Gasteiger partial charge in [-0.15, -0.1) is 0 Å². The van der Waals surface area contributed by atoms with Gasteiger partial charge in [-0.2, -0.15) is 0 Å². The molecule has 1 aromatic heterocycles. The molecule has 0 amide bonds.